The summed E-state index contributed by atoms with van der Waals surface area (Å²) in [7, 11) is 26.1. The van der Waals surface area contributed by atoms with Gasteiger partial charge in [-0.05, 0) is 386 Å². The second kappa shape index (κ2) is 39.4. The fourth-order valence-electron chi connectivity index (χ4n) is 17.3. The minimum atomic E-state index is 0. The second-order valence-electron chi connectivity index (χ2n) is 38.6. The Morgan fingerprint density at radius 2 is 0.286 bits per heavy atom. The second-order valence-corrected chi connectivity index (χ2v) is 38.6. The van der Waals surface area contributed by atoms with Gasteiger partial charge in [-0.2, -0.15) is 0 Å². The lowest BCUT2D eigenvalue weighted by Crippen LogP contribution is -3.00. The number of rotatable bonds is 8. The SMILES string of the molecule is C[N+](C)(C)c1ccc(C2=Cc3cc4ccc(cc5ccc(cc6nc(cc2n3)C=C6)[nH]5)[nH]4)cc1.C[N+](C)(C)c1ccc(C2=Cc3cc4ccc(cc5ccc(cc6nc(cc2n3)C=C6)[nH]5)[nH]4)cc1.C[N+](C)(C)c1ccc(C2=Cc3cc4ccc(cc5ccc(cc6nc(cc2n3)C=C6)[nH]5)[nH]4)cc1.C[N+](C)(C)c1ccc(C2=Cc3cc4ccc(cc5ccc(cc6nc(cc2n3)C=C6)[nH]5)[nH]4)cc1.[Cl-].[Cl-].[Cl-].[Cl-]. The van der Waals surface area contributed by atoms with Crippen LogP contribution in [-0.2, 0) is 0 Å². The molecule has 0 unspecified atom stereocenters. The zero-order valence-electron chi connectivity index (χ0n) is 79.5. The first kappa shape index (κ1) is 96.0. The van der Waals surface area contributed by atoms with Gasteiger partial charge in [0.25, 0.3) is 0 Å². The minimum Gasteiger partial charge on any atom is -1.00 e. The number of halogens is 4. The molecule has 140 heavy (non-hydrogen) atoms. The van der Waals surface area contributed by atoms with E-state index < -0.39 is 0 Å². The van der Waals surface area contributed by atoms with Crippen molar-refractivity contribution in [2.75, 3.05) is 84.6 Å². The highest BCUT2D eigenvalue weighted by Gasteiger charge is 2.24. The monoisotopic (exact) mass is 1920 g/mol. The molecule has 32 bridgehead atoms. The largest absolute Gasteiger partial charge is 1.00 e. The van der Waals surface area contributed by atoms with Crippen LogP contribution in [0.15, 0.2) is 291 Å². The highest BCUT2D eigenvalue weighted by Crippen LogP contribution is 2.38. The van der Waals surface area contributed by atoms with Crippen molar-refractivity contribution in [2.45, 2.75) is 0 Å². The third-order valence-electron chi connectivity index (χ3n) is 24.5. The standard InChI is InChI=1S/4C29H26N5.4ClH/c4*1-34(2,3)27-12-4-19(5-13-27)28-17-26-16-24-9-8-22(31-24)14-20-6-7-21(30-20)15-23-10-11-25(32-23)18-29(28)33-26;;;;/h4*4-18,30-31H,1-3H3;4*1H/q4*+1;;;;/p-4. The fourth-order valence-corrected chi connectivity index (χ4v) is 17.3. The Morgan fingerprint density at radius 3 is 0.436 bits per heavy atom. The van der Waals surface area contributed by atoms with E-state index in [0.717, 1.165) is 242 Å². The van der Waals surface area contributed by atoms with Crippen LogP contribution < -0.4 is 67.6 Å². The van der Waals surface area contributed by atoms with E-state index in [1.165, 1.54) is 22.7 Å². The highest BCUT2D eigenvalue weighted by atomic mass is 35.5. The van der Waals surface area contributed by atoms with Gasteiger partial charge in [0.15, 0.2) is 0 Å². The molecule has 20 nitrogen and oxygen atoms in total. The van der Waals surface area contributed by atoms with Crippen LogP contribution in [0, 0.1) is 0 Å². The molecule has 16 aromatic rings. The number of aromatic nitrogens is 16. The van der Waals surface area contributed by atoms with Gasteiger partial charge < -0.3 is 89.5 Å². The van der Waals surface area contributed by atoms with E-state index in [1.54, 1.807) is 0 Å². The molecule has 4 aromatic carbocycles. The van der Waals surface area contributed by atoms with E-state index in [1.807, 2.05) is 48.6 Å². The quantitative estimate of drug-likeness (QED) is 0.0681. The van der Waals surface area contributed by atoms with Gasteiger partial charge in [-0.1, -0.05) is 0 Å². The van der Waals surface area contributed by atoms with Crippen molar-refractivity contribution >= 4 is 206 Å². The van der Waals surface area contributed by atoms with E-state index in [4.69, 9.17) is 39.9 Å². The first-order chi connectivity index (χ1) is 65.5. The average molecular weight is 1920 g/mol. The van der Waals surface area contributed by atoms with E-state index in [0.29, 0.717) is 0 Å². The van der Waals surface area contributed by atoms with Crippen LogP contribution in [0.2, 0.25) is 0 Å². The van der Waals surface area contributed by atoms with Gasteiger partial charge in [0.2, 0.25) is 0 Å². The zero-order valence-corrected chi connectivity index (χ0v) is 82.5. The number of hydrogen-bond donors (Lipinski definition) is 8. The molecule has 20 heterocycles. The Labute approximate surface area is 836 Å². The van der Waals surface area contributed by atoms with Crippen LogP contribution >= 0.6 is 0 Å². The van der Waals surface area contributed by atoms with Crippen molar-refractivity contribution in [1.82, 2.24) is 97.7 Å². The maximum atomic E-state index is 4.96. The Balaban J connectivity index is 0.000000128. The van der Waals surface area contributed by atoms with Crippen molar-refractivity contribution in [2.24, 2.45) is 0 Å². The summed E-state index contributed by atoms with van der Waals surface area (Å²) in [6, 6.07) is 101. The highest BCUT2D eigenvalue weighted by molar-refractivity contribution is 5.98. The lowest BCUT2D eigenvalue weighted by atomic mass is 10.0. The van der Waals surface area contributed by atoms with Crippen LogP contribution in [0.1, 0.15) is 113 Å². The van der Waals surface area contributed by atoms with Gasteiger partial charge in [-0.15, -0.1) is 0 Å². The third-order valence-corrected chi connectivity index (χ3v) is 24.5. The predicted octanol–water partition coefficient (Wildman–Crippen LogP) is 13.1. The van der Waals surface area contributed by atoms with Gasteiger partial charge in [-0.3, -0.25) is 17.9 Å². The van der Waals surface area contributed by atoms with Crippen molar-refractivity contribution < 1.29 is 49.6 Å². The molecule has 12 aromatic heterocycles. The molecule has 24 rings (SSSR count). The van der Waals surface area contributed by atoms with Crippen molar-refractivity contribution in [3.05, 3.63) is 405 Å². The van der Waals surface area contributed by atoms with Crippen LogP contribution in [-0.4, -0.2) is 164 Å². The number of aromatic amines is 8. The van der Waals surface area contributed by atoms with Crippen molar-refractivity contribution in [1.29, 1.82) is 0 Å². The fraction of sp³-hybridized carbons (Fsp3) is 0.103. The molecule has 24 heteroatoms. The molecule has 0 amide bonds. The summed E-state index contributed by atoms with van der Waals surface area (Å²) in [5.41, 5.74) is 45.0. The van der Waals surface area contributed by atoms with Crippen LogP contribution in [0.4, 0.5) is 22.7 Å². The predicted molar refractivity (Wildman–Crippen MR) is 572 cm³/mol. The van der Waals surface area contributed by atoms with Crippen LogP contribution in [0.3, 0.4) is 0 Å². The topological polar surface area (TPSA) is 229 Å². The van der Waals surface area contributed by atoms with Gasteiger partial charge in [0.1, 0.15) is 22.7 Å². The van der Waals surface area contributed by atoms with Gasteiger partial charge >= 0.3 is 0 Å². The minimum absolute atomic E-state index is 0. The molecule has 0 fully saturated rings. The maximum absolute atomic E-state index is 4.96. The van der Waals surface area contributed by atoms with Gasteiger partial charge in [0, 0.05) is 111 Å². The summed E-state index contributed by atoms with van der Waals surface area (Å²) in [6.45, 7) is 0. The Kier molecular flexibility index (Phi) is 27.0. The third kappa shape index (κ3) is 22.3. The number of hydrogen-bond acceptors (Lipinski definition) is 8. The molecule has 0 aliphatic carbocycles. The lowest BCUT2D eigenvalue weighted by molar-refractivity contribution is -0.001000. The summed E-state index contributed by atoms with van der Waals surface area (Å²) >= 11 is 0. The first-order valence-electron chi connectivity index (χ1n) is 45.6. The summed E-state index contributed by atoms with van der Waals surface area (Å²) in [6.07, 6.45) is 24.9. The summed E-state index contributed by atoms with van der Waals surface area (Å²) < 4.78 is 3.12. The molecule has 0 saturated carbocycles. The molecule has 0 spiro atoms. The van der Waals surface area contributed by atoms with Gasteiger partial charge in [-0.25, -0.2) is 39.9 Å². The Morgan fingerprint density at radius 1 is 0.150 bits per heavy atom. The van der Waals surface area contributed by atoms with E-state index in [-0.39, 0.29) is 49.6 Å². The summed E-state index contributed by atoms with van der Waals surface area (Å²) in [5.74, 6) is 0. The number of H-pyrrole nitrogens is 8. The smallest absolute Gasteiger partial charge is 0.132 e. The summed E-state index contributed by atoms with van der Waals surface area (Å²) in [4.78, 5) is 66.7. The Bertz CT molecular complexity index is 7510. The molecule has 0 saturated heterocycles. The molecule has 696 valence electrons. The van der Waals surface area contributed by atoms with Crippen molar-refractivity contribution in [3.8, 4) is 0 Å². The Hall–Kier alpha value is -15.7. The molecular formula is C116H104Cl4N20. The normalized spacial score (nSPS) is 12.8. The maximum Gasteiger partial charge on any atom is 0.132 e. The van der Waals surface area contributed by atoms with E-state index in [9.17, 15) is 0 Å². The van der Waals surface area contributed by atoms with Crippen molar-refractivity contribution in [3.63, 3.8) is 0 Å². The zero-order chi connectivity index (χ0) is 93.1. The van der Waals surface area contributed by atoms with Crippen LogP contribution in [0.25, 0.3) is 183 Å². The number of quaternary nitrogens is 4. The number of nitrogens with one attached hydrogen (secondary N) is 8. The lowest BCUT2D eigenvalue weighted by Gasteiger charge is -2.23. The molecule has 8 aliphatic rings. The number of nitrogens with zero attached hydrogens (tertiary/aromatic N) is 12. The molecular weight excluding hydrogens is 1820 g/mol. The number of fused-ring (bicyclic) bond motifs is 32. The molecule has 0 atom stereocenters. The number of benzene rings is 4. The molecule has 8 aliphatic heterocycles. The molecule has 8 N–H and O–H groups in total. The van der Waals surface area contributed by atoms with Crippen LogP contribution in [0.5, 0.6) is 0 Å². The summed E-state index contributed by atoms with van der Waals surface area (Å²) in [5, 5.41) is 0. The average Bonchev–Trinajstić information content (AvgIpc) is 1.65. The first-order valence-corrected chi connectivity index (χ1v) is 45.6. The molecule has 0 radical (unpaired) electrons. The van der Waals surface area contributed by atoms with Gasteiger partial charge in [0.05, 0.1) is 176 Å². The van der Waals surface area contributed by atoms with E-state index in [2.05, 4.69) is 440 Å². The van der Waals surface area contributed by atoms with E-state index >= 15 is 0 Å².